The highest BCUT2D eigenvalue weighted by molar-refractivity contribution is 6.09. The van der Waals surface area contributed by atoms with Gasteiger partial charge in [-0.15, -0.1) is 0 Å². The van der Waals surface area contributed by atoms with Gasteiger partial charge in [-0.1, -0.05) is 6.07 Å². The number of nitrogens with zero attached hydrogens (tertiary/aromatic N) is 1. The highest BCUT2D eigenvalue weighted by Gasteiger charge is 2.30. The van der Waals surface area contributed by atoms with Crippen molar-refractivity contribution in [3.8, 4) is 11.5 Å². The van der Waals surface area contributed by atoms with Crippen molar-refractivity contribution in [1.82, 2.24) is 4.90 Å². The van der Waals surface area contributed by atoms with Crippen molar-refractivity contribution >= 4 is 35.0 Å². The number of benzene rings is 2. The Kier molecular flexibility index (Phi) is 4.31. The summed E-state index contributed by atoms with van der Waals surface area (Å²) in [4.78, 5) is 49.0. The molecule has 0 spiro atoms. The van der Waals surface area contributed by atoms with Crippen LogP contribution in [0.25, 0.3) is 0 Å². The molecule has 0 bridgehead atoms. The molecule has 1 saturated heterocycles. The van der Waals surface area contributed by atoms with Crippen LogP contribution in [0.5, 0.6) is 11.5 Å². The van der Waals surface area contributed by atoms with Crippen LogP contribution in [-0.4, -0.2) is 35.1 Å². The molecule has 2 aliphatic heterocycles. The molecule has 0 aromatic heterocycles. The van der Waals surface area contributed by atoms with E-state index < -0.39 is 5.91 Å². The highest BCUT2D eigenvalue weighted by Crippen LogP contribution is 2.37. The number of anilines is 2. The molecular formula is C20H17N3O5. The van der Waals surface area contributed by atoms with Crippen molar-refractivity contribution in [2.45, 2.75) is 19.8 Å². The van der Waals surface area contributed by atoms with Crippen molar-refractivity contribution in [2.24, 2.45) is 0 Å². The minimum absolute atomic E-state index is 0.127. The van der Waals surface area contributed by atoms with E-state index in [1.165, 1.54) is 6.07 Å². The Morgan fingerprint density at radius 3 is 2.54 bits per heavy atom. The number of amides is 4. The number of carbonyl (C=O) groups is 4. The number of rotatable bonds is 3. The zero-order valence-corrected chi connectivity index (χ0v) is 15.1. The SMILES string of the molecule is Cc1ccc2c(c1)NC(=O)c1cc(NC(=O)CN3C(=O)CCC3=O)ccc1O2. The molecule has 8 heteroatoms. The second kappa shape index (κ2) is 6.80. The first-order valence-corrected chi connectivity index (χ1v) is 8.77. The molecule has 2 aliphatic rings. The van der Waals surface area contributed by atoms with Gasteiger partial charge in [-0.25, -0.2) is 0 Å². The predicted molar refractivity (Wildman–Crippen MR) is 100 cm³/mol. The molecule has 8 nitrogen and oxygen atoms in total. The zero-order valence-electron chi connectivity index (χ0n) is 15.1. The van der Waals surface area contributed by atoms with E-state index in [-0.39, 0.29) is 42.7 Å². The fourth-order valence-corrected chi connectivity index (χ4v) is 3.16. The normalized spacial score (nSPS) is 15.3. The Morgan fingerprint density at radius 1 is 1.07 bits per heavy atom. The second-order valence-corrected chi connectivity index (χ2v) is 6.69. The van der Waals surface area contributed by atoms with Gasteiger partial charge in [-0.3, -0.25) is 24.1 Å². The third-order valence-corrected chi connectivity index (χ3v) is 4.57. The fourth-order valence-electron chi connectivity index (χ4n) is 3.16. The molecule has 0 radical (unpaired) electrons. The van der Waals surface area contributed by atoms with Crippen LogP contribution in [0.1, 0.15) is 28.8 Å². The summed E-state index contributed by atoms with van der Waals surface area (Å²) in [7, 11) is 0. The molecule has 28 heavy (non-hydrogen) atoms. The summed E-state index contributed by atoms with van der Waals surface area (Å²) >= 11 is 0. The van der Waals surface area contributed by atoms with Gasteiger partial charge in [0.1, 0.15) is 12.3 Å². The smallest absolute Gasteiger partial charge is 0.259 e. The van der Waals surface area contributed by atoms with Gasteiger partial charge in [0.15, 0.2) is 5.75 Å². The summed E-state index contributed by atoms with van der Waals surface area (Å²) in [6.07, 6.45) is 0.255. The summed E-state index contributed by atoms with van der Waals surface area (Å²) < 4.78 is 5.83. The van der Waals surface area contributed by atoms with Crippen LogP contribution in [0.4, 0.5) is 11.4 Å². The third-order valence-electron chi connectivity index (χ3n) is 4.57. The lowest BCUT2D eigenvalue weighted by atomic mass is 10.1. The van der Waals surface area contributed by atoms with Crippen LogP contribution >= 0.6 is 0 Å². The summed E-state index contributed by atoms with van der Waals surface area (Å²) in [5.41, 5.74) is 2.18. The van der Waals surface area contributed by atoms with Gasteiger partial charge < -0.3 is 15.4 Å². The zero-order chi connectivity index (χ0) is 19.8. The number of aryl methyl sites for hydroxylation is 1. The second-order valence-electron chi connectivity index (χ2n) is 6.69. The minimum Gasteiger partial charge on any atom is -0.454 e. The third kappa shape index (κ3) is 3.32. The topological polar surface area (TPSA) is 105 Å². The molecule has 0 unspecified atom stereocenters. The van der Waals surface area contributed by atoms with Crippen LogP contribution in [-0.2, 0) is 14.4 Å². The van der Waals surface area contributed by atoms with Crippen molar-refractivity contribution in [2.75, 3.05) is 17.2 Å². The van der Waals surface area contributed by atoms with Crippen LogP contribution in [0.2, 0.25) is 0 Å². The monoisotopic (exact) mass is 379 g/mol. The molecule has 2 aromatic carbocycles. The van der Waals surface area contributed by atoms with E-state index in [0.717, 1.165) is 10.5 Å². The van der Waals surface area contributed by atoms with Gasteiger partial charge in [-0.2, -0.15) is 0 Å². The van der Waals surface area contributed by atoms with Crippen LogP contribution < -0.4 is 15.4 Å². The van der Waals surface area contributed by atoms with Crippen LogP contribution in [0.15, 0.2) is 36.4 Å². The van der Waals surface area contributed by atoms with Crippen molar-refractivity contribution in [1.29, 1.82) is 0 Å². The summed E-state index contributed by atoms with van der Waals surface area (Å²) in [6, 6.07) is 10.1. The lowest BCUT2D eigenvalue weighted by Crippen LogP contribution is -2.36. The number of carbonyl (C=O) groups excluding carboxylic acids is 4. The van der Waals surface area contributed by atoms with E-state index in [0.29, 0.717) is 22.9 Å². The van der Waals surface area contributed by atoms with Gasteiger partial charge in [0, 0.05) is 18.5 Å². The van der Waals surface area contributed by atoms with Gasteiger partial charge >= 0.3 is 0 Å². The molecule has 0 aliphatic carbocycles. The lowest BCUT2D eigenvalue weighted by Gasteiger charge is -2.14. The van der Waals surface area contributed by atoms with E-state index in [4.69, 9.17) is 4.74 Å². The largest absolute Gasteiger partial charge is 0.454 e. The summed E-state index contributed by atoms with van der Waals surface area (Å²) in [5, 5.41) is 5.41. The van der Waals surface area contributed by atoms with Crippen LogP contribution in [0.3, 0.4) is 0 Å². The molecule has 2 N–H and O–H groups in total. The maximum Gasteiger partial charge on any atom is 0.259 e. The number of hydrogen-bond donors (Lipinski definition) is 2. The molecule has 2 heterocycles. The van der Waals surface area contributed by atoms with Gasteiger partial charge in [-0.05, 0) is 42.8 Å². The molecular weight excluding hydrogens is 362 g/mol. The Hall–Kier alpha value is -3.68. The first-order chi connectivity index (χ1) is 13.4. The van der Waals surface area contributed by atoms with E-state index in [1.807, 2.05) is 19.1 Å². The molecule has 142 valence electrons. The number of ether oxygens (including phenoxy) is 1. The Labute approximate surface area is 160 Å². The number of likely N-dealkylation sites (tertiary alicyclic amines) is 1. The quantitative estimate of drug-likeness (QED) is 0.797. The molecule has 4 rings (SSSR count). The molecule has 2 aromatic rings. The van der Waals surface area contributed by atoms with Gasteiger partial charge in [0.25, 0.3) is 5.91 Å². The number of imide groups is 1. The van der Waals surface area contributed by atoms with Gasteiger partial charge in [0.05, 0.1) is 11.3 Å². The number of hydrogen-bond acceptors (Lipinski definition) is 5. The van der Waals surface area contributed by atoms with E-state index in [2.05, 4.69) is 10.6 Å². The van der Waals surface area contributed by atoms with Crippen molar-refractivity contribution in [3.05, 3.63) is 47.5 Å². The maximum atomic E-state index is 12.6. The first kappa shape index (κ1) is 17.7. The van der Waals surface area contributed by atoms with E-state index in [9.17, 15) is 19.2 Å². The van der Waals surface area contributed by atoms with Crippen molar-refractivity contribution < 1.29 is 23.9 Å². The minimum atomic E-state index is -0.516. The summed E-state index contributed by atoms with van der Waals surface area (Å²) in [5.74, 6) is -0.702. The first-order valence-electron chi connectivity index (χ1n) is 8.77. The van der Waals surface area contributed by atoms with E-state index >= 15 is 0 Å². The Bertz CT molecular complexity index is 1010. The van der Waals surface area contributed by atoms with Gasteiger partial charge in [0.2, 0.25) is 17.7 Å². The summed E-state index contributed by atoms with van der Waals surface area (Å²) in [6.45, 7) is 1.57. The highest BCUT2D eigenvalue weighted by atomic mass is 16.5. The number of nitrogens with one attached hydrogen (secondary N) is 2. The van der Waals surface area contributed by atoms with Crippen LogP contribution in [0, 0.1) is 6.92 Å². The molecule has 0 atom stereocenters. The Morgan fingerprint density at radius 2 is 1.79 bits per heavy atom. The lowest BCUT2D eigenvalue weighted by molar-refractivity contribution is -0.141. The molecule has 0 saturated carbocycles. The standard InChI is InChI=1S/C20H17N3O5/c1-11-2-4-16-14(8-11)22-20(27)13-9-12(3-5-15(13)28-16)21-17(24)10-23-18(25)6-7-19(23)26/h2-5,8-9H,6-7,10H2,1H3,(H,21,24)(H,22,27). The average Bonchev–Trinajstić information content (AvgIpc) is 2.89. The maximum absolute atomic E-state index is 12.6. The predicted octanol–water partition coefficient (Wildman–Crippen LogP) is 2.44. The number of fused-ring (bicyclic) bond motifs is 2. The fraction of sp³-hybridized carbons (Fsp3) is 0.200. The average molecular weight is 379 g/mol. The van der Waals surface area contributed by atoms with Crippen molar-refractivity contribution in [3.63, 3.8) is 0 Å². The molecule has 1 fully saturated rings. The Balaban J connectivity index is 1.53. The molecule has 4 amide bonds. The van der Waals surface area contributed by atoms with E-state index in [1.54, 1.807) is 18.2 Å².